The van der Waals surface area contributed by atoms with Gasteiger partial charge in [-0.15, -0.1) is 0 Å². The summed E-state index contributed by atoms with van der Waals surface area (Å²) in [6.07, 6.45) is 60.8. The zero-order valence-corrected chi connectivity index (χ0v) is 37.0. The van der Waals surface area contributed by atoms with Crippen molar-refractivity contribution >= 4 is 17.9 Å². The fourth-order valence-corrected chi connectivity index (χ4v) is 5.71. The number of unbranched alkanes of at least 4 members (excludes halogenated alkanes) is 14. The maximum Gasteiger partial charge on any atom is 0.306 e. The predicted octanol–water partition coefficient (Wildman–Crippen LogP) is 14.8. The van der Waals surface area contributed by atoms with E-state index in [4.69, 9.17) is 14.2 Å². The van der Waals surface area contributed by atoms with Crippen molar-refractivity contribution in [1.82, 2.24) is 0 Å². The lowest BCUT2D eigenvalue weighted by Gasteiger charge is -2.18. The quantitative estimate of drug-likeness (QED) is 0.0202. The Bertz CT molecular complexity index is 1240. The average Bonchev–Trinajstić information content (AvgIpc) is 3.22. The molecule has 326 valence electrons. The summed E-state index contributed by atoms with van der Waals surface area (Å²) in [5.74, 6) is -1.06. The summed E-state index contributed by atoms with van der Waals surface area (Å²) in [5.41, 5.74) is 0. The molecule has 58 heavy (non-hydrogen) atoms. The highest BCUT2D eigenvalue weighted by atomic mass is 16.6. The van der Waals surface area contributed by atoms with Crippen LogP contribution in [-0.2, 0) is 28.6 Å². The smallest absolute Gasteiger partial charge is 0.306 e. The molecule has 0 aromatic rings. The minimum atomic E-state index is -0.832. The van der Waals surface area contributed by atoms with Gasteiger partial charge in [-0.3, -0.25) is 14.4 Å². The fourth-order valence-electron chi connectivity index (χ4n) is 5.71. The van der Waals surface area contributed by atoms with Crippen molar-refractivity contribution in [3.63, 3.8) is 0 Å². The molecular weight excluding hydrogens is 721 g/mol. The molecular formula is C52H82O6. The molecule has 0 aliphatic carbocycles. The van der Waals surface area contributed by atoms with E-state index in [0.29, 0.717) is 19.3 Å². The number of carbonyl (C=O) groups is 3. The number of rotatable bonds is 39. The van der Waals surface area contributed by atoms with Gasteiger partial charge in [0, 0.05) is 19.3 Å². The van der Waals surface area contributed by atoms with E-state index in [0.717, 1.165) is 64.2 Å². The molecule has 1 unspecified atom stereocenters. The van der Waals surface area contributed by atoms with Crippen LogP contribution in [0.5, 0.6) is 0 Å². The number of esters is 3. The summed E-state index contributed by atoms with van der Waals surface area (Å²) in [6.45, 7) is 6.23. The molecule has 0 fully saturated rings. The number of ether oxygens (including phenoxy) is 3. The molecule has 0 aromatic carbocycles. The first-order valence-electron chi connectivity index (χ1n) is 23.0. The Kier molecular flexibility index (Phi) is 42.7. The Balaban J connectivity index is 4.56. The molecule has 0 bridgehead atoms. The Morgan fingerprint density at radius 3 is 1.34 bits per heavy atom. The van der Waals surface area contributed by atoms with Gasteiger partial charge in [0.1, 0.15) is 13.2 Å². The number of hydrogen-bond acceptors (Lipinski definition) is 6. The first kappa shape index (κ1) is 54.1. The second kappa shape index (κ2) is 45.8. The molecule has 0 saturated carbocycles. The third kappa shape index (κ3) is 43.2. The number of carbonyl (C=O) groups excluding carboxylic acids is 3. The summed E-state index contributed by atoms with van der Waals surface area (Å²) in [4.78, 5) is 37.7. The third-order valence-corrected chi connectivity index (χ3v) is 9.12. The van der Waals surface area contributed by atoms with Crippen molar-refractivity contribution in [1.29, 1.82) is 0 Å². The van der Waals surface area contributed by atoms with Gasteiger partial charge >= 0.3 is 17.9 Å². The largest absolute Gasteiger partial charge is 0.462 e. The SMILES string of the molecule is CC\C=C/C=C\C=C/C=C\C=C/CCCC(=O)OC(COC(=O)CCCC/C=C\C/C=C\C/C=C\CC)COC(=O)CCCCCCCCC/C=C\CCCCCC. The van der Waals surface area contributed by atoms with Gasteiger partial charge in [0.15, 0.2) is 6.10 Å². The molecule has 0 saturated heterocycles. The molecule has 0 aliphatic heterocycles. The van der Waals surface area contributed by atoms with Crippen LogP contribution in [0.15, 0.2) is 109 Å². The van der Waals surface area contributed by atoms with Crippen molar-refractivity contribution in [3.8, 4) is 0 Å². The van der Waals surface area contributed by atoms with E-state index in [1.54, 1.807) is 0 Å². The van der Waals surface area contributed by atoms with E-state index in [2.05, 4.69) is 75.5 Å². The third-order valence-electron chi connectivity index (χ3n) is 9.12. The molecule has 0 aliphatic rings. The Morgan fingerprint density at radius 1 is 0.379 bits per heavy atom. The van der Waals surface area contributed by atoms with Gasteiger partial charge in [0.05, 0.1) is 0 Å². The summed E-state index contributed by atoms with van der Waals surface area (Å²) >= 11 is 0. The first-order valence-corrected chi connectivity index (χ1v) is 23.0. The monoisotopic (exact) mass is 803 g/mol. The highest BCUT2D eigenvalue weighted by Gasteiger charge is 2.19. The molecule has 6 nitrogen and oxygen atoms in total. The van der Waals surface area contributed by atoms with E-state index < -0.39 is 12.1 Å². The van der Waals surface area contributed by atoms with Crippen LogP contribution >= 0.6 is 0 Å². The highest BCUT2D eigenvalue weighted by Crippen LogP contribution is 2.12. The molecule has 0 heterocycles. The van der Waals surface area contributed by atoms with Gasteiger partial charge in [-0.1, -0.05) is 182 Å². The topological polar surface area (TPSA) is 78.9 Å². The summed E-state index contributed by atoms with van der Waals surface area (Å²) in [5, 5.41) is 0. The van der Waals surface area contributed by atoms with Crippen LogP contribution in [-0.4, -0.2) is 37.2 Å². The van der Waals surface area contributed by atoms with E-state index in [9.17, 15) is 14.4 Å². The Hall–Kier alpha value is -3.93. The molecule has 0 spiro atoms. The van der Waals surface area contributed by atoms with Crippen LogP contribution in [0.4, 0.5) is 0 Å². The number of allylic oxidation sites excluding steroid dienone is 18. The van der Waals surface area contributed by atoms with Crippen molar-refractivity contribution < 1.29 is 28.6 Å². The van der Waals surface area contributed by atoms with Crippen LogP contribution < -0.4 is 0 Å². The van der Waals surface area contributed by atoms with Gasteiger partial charge in [-0.2, -0.15) is 0 Å². The van der Waals surface area contributed by atoms with Crippen LogP contribution in [0.2, 0.25) is 0 Å². The van der Waals surface area contributed by atoms with Crippen LogP contribution in [0.1, 0.15) is 181 Å². The second-order valence-corrected chi connectivity index (χ2v) is 14.7. The lowest BCUT2D eigenvalue weighted by molar-refractivity contribution is -0.167. The first-order chi connectivity index (χ1) is 28.5. The predicted molar refractivity (Wildman–Crippen MR) is 247 cm³/mol. The molecule has 1 atom stereocenters. The normalized spacial score (nSPS) is 13.1. The van der Waals surface area contributed by atoms with Gasteiger partial charge in [-0.25, -0.2) is 0 Å². The van der Waals surface area contributed by atoms with Crippen LogP contribution in [0.3, 0.4) is 0 Å². The Labute approximate surface area is 355 Å². The van der Waals surface area contributed by atoms with E-state index in [1.807, 2.05) is 54.7 Å². The van der Waals surface area contributed by atoms with Crippen LogP contribution in [0, 0.1) is 0 Å². The average molecular weight is 803 g/mol. The van der Waals surface area contributed by atoms with Gasteiger partial charge in [-0.05, 0) is 89.9 Å². The zero-order chi connectivity index (χ0) is 42.3. The summed E-state index contributed by atoms with van der Waals surface area (Å²) in [7, 11) is 0. The molecule has 0 radical (unpaired) electrons. The minimum absolute atomic E-state index is 0.124. The van der Waals surface area contributed by atoms with Gasteiger partial charge < -0.3 is 14.2 Å². The lowest BCUT2D eigenvalue weighted by atomic mass is 10.1. The molecule has 0 aromatic heterocycles. The standard InChI is InChI=1S/C52H82O6/c1-4-7-10-13-16-19-22-25-26-28-30-33-36-39-42-45-51(54)57-48-49(47-56-50(53)44-41-38-35-32-29-24-21-18-15-12-9-6-3)58-52(55)46-43-40-37-34-31-27-23-20-17-14-11-8-5-2/h8-9,11-12,14,17-23,27,29,31-32,34,37,49H,4-7,10,13,15-16,24-26,28,30,33,35-36,38-48H2,1-3H3/b11-8-,12-9-,17-14-,21-18-,22-19-,23-20-,31-27-,32-29-,37-34-. The molecule has 0 rings (SSSR count). The van der Waals surface area contributed by atoms with E-state index in [-0.39, 0.29) is 38.0 Å². The lowest BCUT2D eigenvalue weighted by Crippen LogP contribution is -2.30. The molecule has 0 N–H and O–H groups in total. The van der Waals surface area contributed by atoms with Crippen molar-refractivity contribution in [2.45, 2.75) is 187 Å². The fraction of sp³-hybridized carbons (Fsp3) is 0.596. The number of hydrogen-bond donors (Lipinski definition) is 0. The van der Waals surface area contributed by atoms with E-state index in [1.165, 1.54) is 64.2 Å². The van der Waals surface area contributed by atoms with Crippen molar-refractivity contribution in [2.24, 2.45) is 0 Å². The van der Waals surface area contributed by atoms with Crippen molar-refractivity contribution in [3.05, 3.63) is 109 Å². The zero-order valence-electron chi connectivity index (χ0n) is 37.0. The summed E-state index contributed by atoms with van der Waals surface area (Å²) in [6, 6.07) is 0. The summed E-state index contributed by atoms with van der Waals surface area (Å²) < 4.78 is 16.6. The van der Waals surface area contributed by atoms with Crippen LogP contribution in [0.25, 0.3) is 0 Å². The maximum absolute atomic E-state index is 12.7. The molecule has 0 amide bonds. The highest BCUT2D eigenvalue weighted by molar-refractivity contribution is 5.71. The van der Waals surface area contributed by atoms with E-state index >= 15 is 0 Å². The van der Waals surface area contributed by atoms with Gasteiger partial charge in [0.25, 0.3) is 0 Å². The van der Waals surface area contributed by atoms with Gasteiger partial charge in [0.2, 0.25) is 0 Å². The maximum atomic E-state index is 12.7. The van der Waals surface area contributed by atoms with Crippen molar-refractivity contribution in [2.75, 3.05) is 13.2 Å². The second-order valence-electron chi connectivity index (χ2n) is 14.7. The Morgan fingerprint density at radius 2 is 0.776 bits per heavy atom. The minimum Gasteiger partial charge on any atom is -0.462 e. The molecule has 6 heteroatoms.